The summed E-state index contributed by atoms with van der Waals surface area (Å²) in [5, 5.41) is 0.791. The van der Waals surface area contributed by atoms with Crippen LogP contribution in [0.25, 0.3) is 0 Å². The molecule has 2 aromatic rings. The lowest BCUT2D eigenvalue weighted by atomic mass is 10.1. The van der Waals surface area contributed by atoms with E-state index in [1.54, 1.807) is 0 Å². The molecule has 0 bridgehead atoms. The van der Waals surface area contributed by atoms with Gasteiger partial charge < -0.3 is 4.90 Å². The van der Waals surface area contributed by atoms with E-state index in [2.05, 4.69) is 59.2 Å². The molecule has 0 N–H and O–H groups in total. The molecule has 1 aliphatic rings. The first-order valence-corrected chi connectivity index (χ1v) is 7.95. The predicted molar refractivity (Wildman–Crippen MR) is 89.8 cm³/mol. The molecule has 2 nitrogen and oxygen atoms in total. The molecule has 0 aromatic heterocycles. The fourth-order valence-electron chi connectivity index (χ4n) is 3.05. The van der Waals surface area contributed by atoms with E-state index in [1.165, 1.54) is 17.7 Å². The average molecular weight is 301 g/mol. The van der Waals surface area contributed by atoms with Crippen molar-refractivity contribution in [2.24, 2.45) is 0 Å². The number of anilines is 1. The highest BCUT2D eigenvalue weighted by Gasteiger charge is 2.30. The third kappa shape index (κ3) is 3.22. The second-order valence-electron chi connectivity index (χ2n) is 5.59. The molecule has 2 aromatic carbocycles. The second-order valence-corrected chi connectivity index (χ2v) is 6.03. The normalized spacial score (nSPS) is 19.1. The zero-order valence-corrected chi connectivity index (χ0v) is 13.1. The molecule has 0 aliphatic carbocycles. The van der Waals surface area contributed by atoms with E-state index in [1.807, 2.05) is 12.1 Å². The Hall–Kier alpha value is -1.51. The maximum atomic E-state index is 6.02. The van der Waals surface area contributed by atoms with Gasteiger partial charge >= 0.3 is 0 Å². The maximum absolute atomic E-state index is 6.02. The second kappa shape index (κ2) is 6.50. The highest BCUT2D eigenvalue weighted by Crippen LogP contribution is 2.33. The van der Waals surface area contributed by atoms with E-state index in [-0.39, 0.29) is 0 Å². The molecule has 0 saturated carbocycles. The van der Waals surface area contributed by atoms with Gasteiger partial charge in [0.15, 0.2) is 0 Å². The van der Waals surface area contributed by atoms with Crippen LogP contribution in [0.4, 0.5) is 5.69 Å². The quantitative estimate of drug-likeness (QED) is 0.816. The van der Waals surface area contributed by atoms with Gasteiger partial charge in [-0.2, -0.15) is 0 Å². The fraction of sp³-hybridized carbons (Fsp3) is 0.333. The average Bonchev–Trinajstić information content (AvgIpc) is 2.93. The Balaban J connectivity index is 1.89. The third-order valence-electron chi connectivity index (χ3n) is 4.04. The zero-order valence-electron chi connectivity index (χ0n) is 12.4. The van der Waals surface area contributed by atoms with Gasteiger partial charge in [-0.15, -0.1) is 0 Å². The molecule has 0 amide bonds. The lowest BCUT2D eigenvalue weighted by Gasteiger charge is -2.26. The predicted octanol–water partition coefficient (Wildman–Crippen LogP) is 4.57. The van der Waals surface area contributed by atoms with Gasteiger partial charge in [-0.1, -0.05) is 48.9 Å². The van der Waals surface area contributed by atoms with Crippen LogP contribution in [0.5, 0.6) is 0 Å². The molecule has 0 spiro atoms. The standard InChI is InChI=1S/C18H21ClN2/c1-2-12-20-13-18(15-6-4-3-5-7-15)21(14-20)17-10-8-16(19)9-11-17/h3-11,18H,2,12-14H2,1H3. The Morgan fingerprint density at radius 2 is 1.76 bits per heavy atom. The molecule has 110 valence electrons. The van der Waals surface area contributed by atoms with Gasteiger partial charge in [-0.3, -0.25) is 4.90 Å². The van der Waals surface area contributed by atoms with Gasteiger partial charge in [0.25, 0.3) is 0 Å². The summed E-state index contributed by atoms with van der Waals surface area (Å²) < 4.78 is 0. The molecule has 3 rings (SSSR count). The molecule has 1 fully saturated rings. The van der Waals surface area contributed by atoms with Crippen LogP contribution in [-0.4, -0.2) is 24.7 Å². The van der Waals surface area contributed by atoms with Crippen LogP contribution in [0.15, 0.2) is 54.6 Å². The minimum atomic E-state index is 0.416. The summed E-state index contributed by atoms with van der Waals surface area (Å²) in [4.78, 5) is 4.99. The summed E-state index contributed by atoms with van der Waals surface area (Å²) in [6, 6.07) is 19.4. The number of benzene rings is 2. The zero-order chi connectivity index (χ0) is 14.7. The number of hydrogen-bond acceptors (Lipinski definition) is 2. The van der Waals surface area contributed by atoms with Crippen molar-refractivity contribution in [1.29, 1.82) is 0 Å². The molecule has 1 saturated heterocycles. The van der Waals surface area contributed by atoms with Gasteiger partial charge in [-0.25, -0.2) is 0 Å². The molecule has 1 heterocycles. The van der Waals surface area contributed by atoms with E-state index in [4.69, 9.17) is 11.6 Å². The van der Waals surface area contributed by atoms with Crippen LogP contribution in [0.1, 0.15) is 24.9 Å². The summed E-state index contributed by atoms with van der Waals surface area (Å²) in [7, 11) is 0. The Morgan fingerprint density at radius 3 is 2.43 bits per heavy atom. The van der Waals surface area contributed by atoms with Gasteiger partial charge in [-0.05, 0) is 42.8 Å². The van der Waals surface area contributed by atoms with Crippen molar-refractivity contribution in [3.63, 3.8) is 0 Å². The molecular formula is C18H21ClN2. The van der Waals surface area contributed by atoms with Gasteiger partial charge in [0.1, 0.15) is 0 Å². The molecule has 3 heteroatoms. The van der Waals surface area contributed by atoms with Crippen LogP contribution in [0.3, 0.4) is 0 Å². The van der Waals surface area contributed by atoms with E-state index in [0.29, 0.717) is 6.04 Å². The van der Waals surface area contributed by atoms with Gasteiger partial charge in [0.2, 0.25) is 0 Å². The Kier molecular flexibility index (Phi) is 4.47. The number of nitrogens with zero attached hydrogens (tertiary/aromatic N) is 2. The van der Waals surface area contributed by atoms with Crippen molar-refractivity contribution in [3.8, 4) is 0 Å². The summed E-state index contributed by atoms with van der Waals surface area (Å²) in [5.74, 6) is 0. The minimum Gasteiger partial charge on any atom is -0.350 e. The maximum Gasteiger partial charge on any atom is 0.0715 e. The van der Waals surface area contributed by atoms with Crippen LogP contribution in [0, 0.1) is 0 Å². The van der Waals surface area contributed by atoms with Crippen LogP contribution >= 0.6 is 11.6 Å². The summed E-state index contributed by atoms with van der Waals surface area (Å²) in [6.07, 6.45) is 1.19. The first-order valence-electron chi connectivity index (χ1n) is 7.57. The minimum absolute atomic E-state index is 0.416. The fourth-order valence-corrected chi connectivity index (χ4v) is 3.17. The first kappa shape index (κ1) is 14.4. The largest absolute Gasteiger partial charge is 0.350 e. The molecule has 1 aliphatic heterocycles. The number of hydrogen-bond donors (Lipinski definition) is 0. The highest BCUT2D eigenvalue weighted by atomic mass is 35.5. The van der Waals surface area contributed by atoms with Crippen molar-refractivity contribution < 1.29 is 0 Å². The Morgan fingerprint density at radius 1 is 1.05 bits per heavy atom. The van der Waals surface area contributed by atoms with Gasteiger partial charge in [0.05, 0.1) is 12.7 Å². The topological polar surface area (TPSA) is 6.48 Å². The smallest absolute Gasteiger partial charge is 0.0715 e. The van der Waals surface area contributed by atoms with Crippen molar-refractivity contribution in [2.45, 2.75) is 19.4 Å². The highest BCUT2D eigenvalue weighted by molar-refractivity contribution is 6.30. The number of rotatable bonds is 4. The molecule has 0 radical (unpaired) electrons. The SMILES string of the molecule is CCCN1CC(c2ccccc2)N(c2ccc(Cl)cc2)C1. The molecule has 21 heavy (non-hydrogen) atoms. The number of halogens is 1. The van der Waals surface area contributed by atoms with Crippen LogP contribution < -0.4 is 4.90 Å². The monoisotopic (exact) mass is 300 g/mol. The Bertz CT molecular complexity index is 568. The molecular weight excluding hydrogens is 280 g/mol. The van der Waals surface area contributed by atoms with E-state index in [0.717, 1.165) is 24.8 Å². The lowest BCUT2D eigenvalue weighted by molar-refractivity contribution is 0.335. The third-order valence-corrected chi connectivity index (χ3v) is 4.29. The van der Waals surface area contributed by atoms with Crippen molar-refractivity contribution >= 4 is 17.3 Å². The van der Waals surface area contributed by atoms with E-state index in [9.17, 15) is 0 Å². The van der Waals surface area contributed by atoms with Crippen molar-refractivity contribution in [3.05, 3.63) is 65.2 Å². The molecule has 1 atom stereocenters. The van der Waals surface area contributed by atoms with Crippen LogP contribution in [-0.2, 0) is 0 Å². The van der Waals surface area contributed by atoms with E-state index < -0.39 is 0 Å². The van der Waals surface area contributed by atoms with Gasteiger partial charge in [0, 0.05) is 17.3 Å². The summed E-state index contributed by atoms with van der Waals surface area (Å²) in [5.41, 5.74) is 2.62. The molecule has 1 unspecified atom stereocenters. The summed E-state index contributed by atoms with van der Waals surface area (Å²) >= 11 is 6.02. The van der Waals surface area contributed by atoms with Crippen molar-refractivity contribution in [1.82, 2.24) is 4.90 Å². The Labute approximate surface area is 131 Å². The lowest BCUT2D eigenvalue weighted by Crippen LogP contribution is -2.26. The summed E-state index contributed by atoms with van der Waals surface area (Å²) in [6.45, 7) is 5.45. The first-order chi connectivity index (χ1) is 10.3. The van der Waals surface area contributed by atoms with E-state index >= 15 is 0 Å². The van der Waals surface area contributed by atoms with Crippen molar-refractivity contribution in [2.75, 3.05) is 24.7 Å². The van der Waals surface area contributed by atoms with Crippen LogP contribution in [0.2, 0.25) is 5.02 Å².